The predicted octanol–water partition coefficient (Wildman–Crippen LogP) is 2.51. The first kappa shape index (κ1) is 16.4. The molecule has 1 rings (SSSR count). The second-order valence-electron chi connectivity index (χ2n) is 4.48. The van der Waals surface area contributed by atoms with Crippen LogP contribution in [0.4, 0.5) is 4.79 Å². The van der Waals surface area contributed by atoms with Crippen LogP contribution in [0.5, 0.6) is 0 Å². The van der Waals surface area contributed by atoms with Crippen molar-refractivity contribution in [1.29, 1.82) is 0 Å². The lowest BCUT2D eigenvalue weighted by molar-refractivity contribution is -0.138. The van der Waals surface area contributed by atoms with Crippen molar-refractivity contribution >= 4 is 23.8 Å². The summed E-state index contributed by atoms with van der Waals surface area (Å²) in [6.07, 6.45) is -0.717. The fourth-order valence-corrected chi connectivity index (χ4v) is 2.17. The maximum Gasteiger partial charge on any atom is 0.408 e. The van der Waals surface area contributed by atoms with Crippen LogP contribution in [-0.2, 0) is 16.1 Å². The van der Waals surface area contributed by atoms with Crippen molar-refractivity contribution in [3.63, 3.8) is 0 Å². The Kier molecular flexibility index (Phi) is 6.93. The van der Waals surface area contributed by atoms with Crippen molar-refractivity contribution in [3.05, 3.63) is 35.9 Å². The third kappa shape index (κ3) is 6.47. The molecule has 2 N–H and O–H groups in total. The molecule has 0 bridgehead atoms. The van der Waals surface area contributed by atoms with Gasteiger partial charge in [-0.2, -0.15) is 11.8 Å². The van der Waals surface area contributed by atoms with Crippen LogP contribution in [-0.4, -0.2) is 34.2 Å². The van der Waals surface area contributed by atoms with Gasteiger partial charge in [0.25, 0.3) is 0 Å². The van der Waals surface area contributed by atoms with Gasteiger partial charge in [0.1, 0.15) is 12.6 Å². The van der Waals surface area contributed by atoms with Crippen LogP contribution in [0.25, 0.3) is 0 Å². The van der Waals surface area contributed by atoms with Crippen LogP contribution >= 0.6 is 11.8 Å². The van der Waals surface area contributed by atoms with E-state index in [1.807, 2.05) is 44.2 Å². The molecule has 20 heavy (non-hydrogen) atoms. The minimum absolute atomic E-state index is 0.121. The zero-order valence-electron chi connectivity index (χ0n) is 11.5. The van der Waals surface area contributed by atoms with E-state index < -0.39 is 18.1 Å². The van der Waals surface area contributed by atoms with E-state index >= 15 is 0 Å². The molecule has 1 aromatic rings. The van der Waals surface area contributed by atoms with E-state index in [0.717, 1.165) is 5.56 Å². The van der Waals surface area contributed by atoms with Gasteiger partial charge in [0, 0.05) is 5.75 Å². The number of carboxylic acid groups (broad SMARTS) is 1. The molecular weight excluding hydrogens is 278 g/mol. The average molecular weight is 297 g/mol. The van der Waals surface area contributed by atoms with Crippen molar-refractivity contribution < 1.29 is 19.4 Å². The molecule has 0 radical (unpaired) electrons. The van der Waals surface area contributed by atoms with Gasteiger partial charge in [-0.1, -0.05) is 44.2 Å². The molecule has 1 aromatic carbocycles. The Morgan fingerprint density at radius 3 is 2.50 bits per heavy atom. The van der Waals surface area contributed by atoms with E-state index in [0.29, 0.717) is 11.0 Å². The highest BCUT2D eigenvalue weighted by Crippen LogP contribution is 2.11. The largest absolute Gasteiger partial charge is 0.480 e. The van der Waals surface area contributed by atoms with Crippen LogP contribution < -0.4 is 5.32 Å². The Balaban J connectivity index is 2.40. The topological polar surface area (TPSA) is 75.6 Å². The van der Waals surface area contributed by atoms with Crippen molar-refractivity contribution in [2.45, 2.75) is 31.7 Å². The first-order chi connectivity index (χ1) is 9.49. The molecule has 0 saturated carbocycles. The van der Waals surface area contributed by atoms with Gasteiger partial charge in [0.15, 0.2) is 0 Å². The smallest absolute Gasteiger partial charge is 0.408 e. The number of carboxylic acids is 1. The predicted molar refractivity (Wildman–Crippen MR) is 78.8 cm³/mol. The molecule has 0 spiro atoms. The standard InChI is InChI=1S/C14H19NO4S/c1-10(2)20-9-12(13(16)17)15-14(18)19-8-11-6-4-3-5-7-11/h3-7,10,12H,8-9H2,1-2H3,(H,15,18)(H,16,17). The Bertz CT molecular complexity index is 436. The van der Waals surface area contributed by atoms with Gasteiger partial charge in [-0.15, -0.1) is 0 Å². The lowest BCUT2D eigenvalue weighted by Crippen LogP contribution is -2.43. The highest BCUT2D eigenvalue weighted by atomic mass is 32.2. The number of nitrogens with one attached hydrogen (secondary N) is 1. The summed E-state index contributed by atoms with van der Waals surface area (Å²) in [7, 11) is 0. The van der Waals surface area contributed by atoms with Gasteiger partial charge in [0.05, 0.1) is 0 Å². The number of benzene rings is 1. The summed E-state index contributed by atoms with van der Waals surface area (Å²) in [5.41, 5.74) is 0.853. The van der Waals surface area contributed by atoms with Gasteiger partial charge < -0.3 is 15.2 Å². The number of carbonyl (C=O) groups excluding carboxylic acids is 1. The van der Waals surface area contributed by atoms with Crippen molar-refractivity contribution in [2.24, 2.45) is 0 Å². The van der Waals surface area contributed by atoms with Gasteiger partial charge in [0.2, 0.25) is 0 Å². The number of carbonyl (C=O) groups is 2. The molecule has 110 valence electrons. The van der Waals surface area contributed by atoms with Gasteiger partial charge in [-0.25, -0.2) is 9.59 Å². The minimum atomic E-state index is -1.06. The van der Waals surface area contributed by atoms with Gasteiger partial charge in [-0.3, -0.25) is 0 Å². The molecule has 0 aliphatic rings. The fourth-order valence-electron chi connectivity index (χ4n) is 1.37. The number of thioether (sulfide) groups is 1. The molecule has 0 aromatic heterocycles. The first-order valence-electron chi connectivity index (χ1n) is 6.30. The van der Waals surface area contributed by atoms with Crippen molar-refractivity contribution in [3.8, 4) is 0 Å². The van der Waals surface area contributed by atoms with E-state index in [2.05, 4.69) is 5.32 Å². The molecule has 0 heterocycles. The quantitative estimate of drug-likeness (QED) is 0.808. The van der Waals surface area contributed by atoms with Crippen molar-refractivity contribution in [2.75, 3.05) is 5.75 Å². The third-order valence-electron chi connectivity index (χ3n) is 2.40. The molecule has 1 atom stereocenters. The first-order valence-corrected chi connectivity index (χ1v) is 7.35. The van der Waals surface area contributed by atoms with Crippen LogP contribution in [0, 0.1) is 0 Å². The van der Waals surface area contributed by atoms with Crippen LogP contribution in [0.1, 0.15) is 19.4 Å². The zero-order chi connectivity index (χ0) is 15.0. The minimum Gasteiger partial charge on any atom is -0.480 e. The van der Waals surface area contributed by atoms with E-state index in [4.69, 9.17) is 9.84 Å². The molecule has 1 amide bonds. The molecule has 5 nitrogen and oxygen atoms in total. The number of aliphatic carboxylic acids is 1. The fraction of sp³-hybridized carbons (Fsp3) is 0.429. The molecule has 1 unspecified atom stereocenters. The summed E-state index contributed by atoms with van der Waals surface area (Å²) in [5, 5.41) is 11.7. The zero-order valence-corrected chi connectivity index (χ0v) is 12.4. The maximum atomic E-state index is 11.6. The summed E-state index contributed by atoms with van der Waals surface area (Å²) in [5.74, 6) is -0.747. The average Bonchev–Trinajstić information content (AvgIpc) is 2.41. The summed E-state index contributed by atoms with van der Waals surface area (Å²) in [6, 6.07) is 8.28. The second-order valence-corrected chi connectivity index (χ2v) is 6.09. The van der Waals surface area contributed by atoms with E-state index in [-0.39, 0.29) is 6.61 Å². The number of alkyl carbamates (subject to hydrolysis) is 1. The molecule has 0 aliphatic carbocycles. The highest BCUT2D eigenvalue weighted by molar-refractivity contribution is 7.99. The SMILES string of the molecule is CC(C)SCC(NC(=O)OCc1ccccc1)C(=O)O. The number of hydrogen-bond acceptors (Lipinski definition) is 4. The van der Waals surface area contributed by atoms with Crippen LogP contribution in [0.2, 0.25) is 0 Å². The Labute approximate surface area is 122 Å². The van der Waals surface area contributed by atoms with Crippen LogP contribution in [0.15, 0.2) is 30.3 Å². The molecule has 6 heteroatoms. The number of hydrogen-bond donors (Lipinski definition) is 2. The van der Waals surface area contributed by atoms with E-state index in [1.165, 1.54) is 11.8 Å². The lowest BCUT2D eigenvalue weighted by atomic mass is 10.2. The summed E-state index contributed by atoms with van der Waals surface area (Å²) >= 11 is 1.47. The normalized spacial score (nSPS) is 11.9. The molecule has 0 aliphatic heterocycles. The Morgan fingerprint density at radius 1 is 1.30 bits per heavy atom. The lowest BCUT2D eigenvalue weighted by Gasteiger charge is -2.15. The van der Waals surface area contributed by atoms with Crippen LogP contribution in [0.3, 0.4) is 0 Å². The molecule has 0 fully saturated rings. The highest BCUT2D eigenvalue weighted by Gasteiger charge is 2.21. The van der Waals surface area contributed by atoms with Gasteiger partial charge in [-0.05, 0) is 10.8 Å². The Morgan fingerprint density at radius 2 is 1.95 bits per heavy atom. The maximum absolute atomic E-state index is 11.6. The summed E-state index contributed by atoms with van der Waals surface area (Å²) < 4.78 is 4.99. The van der Waals surface area contributed by atoms with Crippen molar-refractivity contribution in [1.82, 2.24) is 5.32 Å². The van der Waals surface area contributed by atoms with E-state index in [1.54, 1.807) is 0 Å². The number of amides is 1. The van der Waals surface area contributed by atoms with E-state index in [9.17, 15) is 9.59 Å². The van der Waals surface area contributed by atoms with Gasteiger partial charge >= 0.3 is 12.1 Å². The summed E-state index contributed by atoms with van der Waals surface area (Å²) in [4.78, 5) is 22.6. The second kappa shape index (κ2) is 8.47. The monoisotopic (exact) mass is 297 g/mol. The molecule has 0 saturated heterocycles. The third-order valence-corrected chi connectivity index (χ3v) is 3.59. The summed E-state index contributed by atoms with van der Waals surface area (Å²) in [6.45, 7) is 4.06. The number of rotatable bonds is 7. The molecular formula is C14H19NO4S. The number of ether oxygens (including phenoxy) is 1. The Hall–Kier alpha value is -1.69.